The van der Waals surface area contributed by atoms with Gasteiger partial charge in [-0.25, -0.2) is 8.42 Å². The first kappa shape index (κ1) is 15.5. The van der Waals surface area contributed by atoms with E-state index in [0.717, 1.165) is 11.3 Å². The van der Waals surface area contributed by atoms with Gasteiger partial charge in [-0.3, -0.25) is 0 Å². The molecular weight excluding hydrogens is 318 g/mol. The SMILES string of the molecule is CC(CO)(NS(=O)(=O)c1ccc(Cl)s1)c1ccccc1. The maximum Gasteiger partial charge on any atom is 0.250 e. The van der Waals surface area contributed by atoms with Gasteiger partial charge in [0.05, 0.1) is 16.5 Å². The number of hydrogen-bond donors (Lipinski definition) is 2. The van der Waals surface area contributed by atoms with Crippen molar-refractivity contribution in [3.05, 3.63) is 52.4 Å². The lowest BCUT2D eigenvalue weighted by Crippen LogP contribution is -2.45. The highest BCUT2D eigenvalue weighted by Gasteiger charge is 2.32. The summed E-state index contributed by atoms with van der Waals surface area (Å²) in [6.45, 7) is 1.28. The summed E-state index contributed by atoms with van der Waals surface area (Å²) in [5.74, 6) is 0. The molecule has 1 heterocycles. The van der Waals surface area contributed by atoms with E-state index < -0.39 is 15.6 Å². The standard InChI is InChI=1S/C13H14ClNO3S2/c1-13(9-16,10-5-3-2-4-6-10)15-20(17,18)12-8-7-11(14)19-12/h2-8,15-16H,9H2,1H3. The van der Waals surface area contributed by atoms with Gasteiger partial charge in [0.15, 0.2) is 0 Å². The van der Waals surface area contributed by atoms with Crippen molar-refractivity contribution in [2.75, 3.05) is 6.61 Å². The van der Waals surface area contributed by atoms with Crippen LogP contribution in [0.2, 0.25) is 4.34 Å². The normalized spacial score (nSPS) is 14.9. The maximum atomic E-state index is 12.3. The van der Waals surface area contributed by atoms with Crippen LogP contribution in [0.1, 0.15) is 12.5 Å². The van der Waals surface area contributed by atoms with Crippen molar-refractivity contribution in [1.29, 1.82) is 0 Å². The van der Waals surface area contributed by atoms with E-state index >= 15 is 0 Å². The van der Waals surface area contributed by atoms with Crippen LogP contribution in [0.3, 0.4) is 0 Å². The minimum absolute atomic E-state index is 0.123. The monoisotopic (exact) mass is 331 g/mol. The topological polar surface area (TPSA) is 66.4 Å². The second kappa shape index (κ2) is 5.83. The Labute approximate surface area is 127 Å². The summed E-state index contributed by atoms with van der Waals surface area (Å²) >= 11 is 6.74. The number of hydrogen-bond acceptors (Lipinski definition) is 4. The molecule has 2 aromatic rings. The average molecular weight is 332 g/mol. The molecule has 0 bridgehead atoms. The molecule has 0 saturated carbocycles. The van der Waals surface area contributed by atoms with Gasteiger partial charge in [0.2, 0.25) is 0 Å². The van der Waals surface area contributed by atoms with Crippen LogP contribution >= 0.6 is 22.9 Å². The largest absolute Gasteiger partial charge is 0.394 e. The molecule has 108 valence electrons. The van der Waals surface area contributed by atoms with E-state index in [1.54, 1.807) is 31.2 Å². The summed E-state index contributed by atoms with van der Waals surface area (Å²) in [4.78, 5) is 0. The fourth-order valence-electron chi connectivity index (χ4n) is 1.78. The fraction of sp³-hybridized carbons (Fsp3) is 0.231. The van der Waals surface area contributed by atoms with Gasteiger partial charge in [-0.05, 0) is 24.6 Å². The quantitative estimate of drug-likeness (QED) is 0.885. The molecule has 0 aliphatic rings. The van der Waals surface area contributed by atoms with E-state index in [-0.39, 0.29) is 10.8 Å². The Hall–Kier alpha value is -0.920. The lowest BCUT2D eigenvalue weighted by Gasteiger charge is -2.28. The Morgan fingerprint density at radius 2 is 1.90 bits per heavy atom. The summed E-state index contributed by atoms with van der Waals surface area (Å²) < 4.78 is 27.7. The Morgan fingerprint density at radius 3 is 2.40 bits per heavy atom. The molecule has 1 aromatic heterocycles. The van der Waals surface area contributed by atoms with Crippen molar-refractivity contribution < 1.29 is 13.5 Å². The number of aliphatic hydroxyl groups excluding tert-OH is 1. The number of aliphatic hydroxyl groups is 1. The highest BCUT2D eigenvalue weighted by molar-refractivity contribution is 7.91. The predicted molar refractivity (Wildman–Crippen MR) is 80.5 cm³/mol. The molecule has 0 spiro atoms. The van der Waals surface area contributed by atoms with Gasteiger partial charge in [-0.2, -0.15) is 4.72 Å². The number of nitrogens with one attached hydrogen (secondary N) is 1. The molecule has 0 radical (unpaired) electrons. The van der Waals surface area contributed by atoms with E-state index in [0.29, 0.717) is 9.90 Å². The molecule has 1 aromatic carbocycles. The third-order valence-corrected chi connectivity index (χ3v) is 6.22. The minimum Gasteiger partial charge on any atom is -0.394 e. The van der Waals surface area contributed by atoms with E-state index in [4.69, 9.17) is 11.6 Å². The third kappa shape index (κ3) is 3.21. The summed E-state index contributed by atoms with van der Waals surface area (Å²) in [5, 5.41) is 9.60. The molecule has 0 amide bonds. The molecule has 0 aliphatic heterocycles. The number of halogens is 1. The van der Waals surface area contributed by atoms with Gasteiger partial charge in [-0.1, -0.05) is 41.9 Å². The van der Waals surface area contributed by atoms with Gasteiger partial charge in [0, 0.05) is 0 Å². The van der Waals surface area contributed by atoms with Gasteiger partial charge in [0.1, 0.15) is 4.21 Å². The Bertz CT molecular complexity index is 685. The highest BCUT2D eigenvalue weighted by atomic mass is 35.5. The number of sulfonamides is 1. The third-order valence-electron chi connectivity index (χ3n) is 2.90. The molecule has 1 atom stereocenters. The average Bonchev–Trinajstić information content (AvgIpc) is 2.87. The first-order valence-corrected chi connectivity index (χ1v) is 8.51. The molecule has 20 heavy (non-hydrogen) atoms. The van der Waals surface area contributed by atoms with Crippen molar-refractivity contribution in [2.45, 2.75) is 16.7 Å². The van der Waals surface area contributed by atoms with Crippen LogP contribution in [0.25, 0.3) is 0 Å². The fourth-order valence-corrected chi connectivity index (χ4v) is 4.65. The zero-order valence-corrected chi connectivity index (χ0v) is 13.1. The molecule has 0 fully saturated rings. The second-order valence-corrected chi connectivity index (χ2v) is 8.14. The Morgan fingerprint density at radius 1 is 1.25 bits per heavy atom. The maximum absolute atomic E-state index is 12.3. The first-order chi connectivity index (χ1) is 9.37. The molecule has 0 saturated heterocycles. The van der Waals surface area contributed by atoms with Crippen LogP contribution in [-0.2, 0) is 15.6 Å². The van der Waals surface area contributed by atoms with Crippen molar-refractivity contribution in [1.82, 2.24) is 4.72 Å². The lowest BCUT2D eigenvalue weighted by atomic mass is 9.94. The van der Waals surface area contributed by atoms with Gasteiger partial charge in [0.25, 0.3) is 10.0 Å². The summed E-state index contributed by atoms with van der Waals surface area (Å²) in [6.07, 6.45) is 0. The first-order valence-electron chi connectivity index (χ1n) is 5.83. The number of benzene rings is 1. The van der Waals surface area contributed by atoms with Crippen molar-refractivity contribution in [3.8, 4) is 0 Å². The van der Waals surface area contributed by atoms with E-state index in [1.807, 2.05) is 6.07 Å². The summed E-state index contributed by atoms with van der Waals surface area (Å²) in [7, 11) is -3.73. The second-order valence-electron chi connectivity index (χ2n) is 4.52. The van der Waals surface area contributed by atoms with Crippen LogP contribution in [0.5, 0.6) is 0 Å². The van der Waals surface area contributed by atoms with Crippen LogP contribution in [0, 0.1) is 0 Å². The lowest BCUT2D eigenvalue weighted by molar-refractivity contribution is 0.196. The van der Waals surface area contributed by atoms with Gasteiger partial charge >= 0.3 is 0 Å². The van der Waals surface area contributed by atoms with Crippen LogP contribution in [-0.4, -0.2) is 20.1 Å². The molecular formula is C13H14ClNO3S2. The van der Waals surface area contributed by atoms with E-state index in [2.05, 4.69) is 4.72 Å². The highest BCUT2D eigenvalue weighted by Crippen LogP contribution is 2.28. The van der Waals surface area contributed by atoms with Crippen LogP contribution < -0.4 is 4.72 Å². The Kier molecular flexibility index (Phi) is 4.51. The zero-order valence-electron chi connectivity index (χ0n) is 10.7. The predicted octanol–water partition coefficient (Wildman–Crippen LogP) is 2.59. The van der Waals surface area contributed by atoms with Crippen LogP contribution in [0.15, 0.2) is 46.7 Å². The van der Waals surface area contributed by atoms with Crippen LogP contribution in [0.4, 0.5) is 0 Å². The molecule has 2 N–H and O–H groups in total. The Balaban J connectivity index is 2.35. The summed E-state index contributed by atoms with van der Waals surface area (Å²) in [6, 6.07) is 11.9. The van der Waals surface area contributed by atoms with E-state index in [9.17, 15) is 13.5 Å². The van der Waals surface area contributed by atoms with E-state index in [1.165, 1.54) is 12.1 Å². The minimum atomic E-state index is -3.73. The molecule has 2 rings (SSSR count). The molecule has 7 heteroatoms. The van der Waals surface area contributed by atoms with Crippen molar-refractivity contribution >= 4 is 33.0 Å². The molecule has 4 nitrogen and oxygen atoms in total. The van der Waals surface area contributed by atoms with Crippen molar-refractivity contribution in [2.24, 2.45) is 0 Å². The summed E-state index contributed by atoms with van der Waals surface area (Å²) in [5.41, 5.74) is -0.398. The number of thiophene rings is 1. The van der Waals surface area contributed by atoms with Gasteiger partial charge < -0.3 is 5.11 Å². The smallest absolute Gasteiger partial charge is 0.250 e. The molecule has 1 unspecified atom stereocenters. The zero-order chi connectivity index (χ0) is 14.8. The number of rotatable bonds is 5. The van der Waals surface area contributed by atoms with Gasteiger partial charge in [-0.15, -0.1) is 11.3 Å². The molecule has 0 aliphatic carbocycles. The van der Waals surface area contributed by atoms with Crippen molar-refractivity contribution in [3.63, 3.8) is 0 Å².